The van der Waals surface area contributed by atoms with Gasteiger partial charge in [0, 0.05) is 42.5 Å². The first-order valence-corrected chi connectivity index (χ1v) is 9.99. The van der Waals surface area contributed by atoms with Crippen LogP contribution in [0.3, 0.4) is 0 Å². The first-order chi connectivity index (χ1) is 14.1. The largest absolute Gasteiger partial charge is 0.379 e. The highest BCUT2D eigenvalue weighted by molar-refractivity contribution is 6.30. The van der Waals surface area contributed by atoms with E-state index in [4.69, 9.17) is 16.3 Å². The fraction of sp³-hybridized carbons (Fsp3) is 0.381. The zero-order valence-electron chi connectivity index (χ0n) is 16.1. The summed E-state index contributed by atoms with van der Waals surface area (Å²) in [6, 6.07) is 9.52. The molecule has 0 saturated carbocycles. The van der Waals surface area contributed by atoms with E-state index in [1.54, 1.807) is 36.4 Å². The molecule has 1 aromatic heterocycles. The molecule has 8 heteroatoms. The van der Waals surface area contributed by atoms with Gasteiger partial charge < -0.3 is 10.1 Å². The number of morpholine rings is 1. The Hall–Kier alpha value is -2.48. The fourth-order valence-electron chi connectivity index (χ4n) is 3.23. The Balaban J connectivity index is 1.69. The second-order valence-electron chi connectivity index (χ2n) is 6.82. The number of halogens is 1. The number of pyridine rings is 1. The number of aromatic nitrogens is 1. The number of ketones is 1. The van der Waals surface area contributed by atoms with Crippen molar-refractivity contribution in [3.8, 4) is 0 Å². The van der Waals surface area contributed by atoms with Crippen LogP contribution in [0.5, 0.6) is 0 Å². The van der Waals surface area contributed by atoms with Crippen LogP contribution in [-0.2, 0) is 9.53 Å². The van der Waals surface area contributed by atoms with Gasteiger partial charge in [0.1, 0.15) is 0 Å². The molecule has 0 radical (unpaired) electrons. The summed E-state index contributed by atoms with van der Waals surface area (Å²) in [6.07, 6.45) is 2.20. The molecule has 1 aliphatic rings. The van der Waals surface area contributed by atoms with Crippen molar-refractivity contribution in [3.05, 3.63) is 69.6 Å². The zero-order chi connectivity index (χ0) is 20.6. The SMILES string of the molecule is O=C(NCCCN1CCOCC1)C(C(=O)c1ccc(Cl)cc1)n1ccccc1=O. The number of carbonyl (C=O) groups excluding carboxylic acids is 2. The van der Waals surface area contributed by atoms with E-state index in [1.807, 2.05) is 0 Å². The van der Waals surface area contributed by atoms with Crippen LogP contribution in [0.15, 0.2) is 53.5 Å². The molecule has 0 bridgehead atoms. The molecule has 1 aromatic carbocycles. The maximum absolute atomic E-state index is 13.0. The third-order valence-corrected chi connectivity index (χ3v) is 5.06. The number of carbonyl (C=O) groups is 2. The molecular formula is C21H24ClN3O4. The van der Waals surface area contributed by atoms with E-state index in [0.29, 0.717) is 17.1 Å². The number of benzene rings is 1. The van der Waals surface area contributed by atoms with Gasteiger partial charge >= 0.3 is 0 Å². The first kappa shape index (κ1) is 21.2. The average Bonchev–Trinajstić information content (AvgIpc) is 2.74. The lowest BCUT2D eigenvalue weighted by atomic mass is 10.0. The molecule has 29 heavy (non-hydrogen) atoms. The molecule has 0 aliphatic carbocycles. The summed E-state index contributed by atoms with van der Waals surface area (Å²) in [5.74, 6) is -0.958. The molecule has 1 unspecified atom stereocenters. The van der Waals surface area contributed by atoms with E-state index < -0.39 is 23.3 Å². The fourth-order valence-corrected chi connectivity index (χ4v) is 3.36. The number of nitrogens with zero attached hydrogens (tertiary/aromatic N) is 2. The van der Waals surface area contributed by atoms with Gasteiger partial charge in [0.2, 0.25) is 0 Å². The molecule has 154 valence electrons. The van der Waals surface area contributed by atoms with Gasteiger partial charge in [0.25, 0.3) is 11.5 Å². The van der Waals surface area contributed by atoms with Crippen LogP contribution in [-0.4, -0.2) is 60.6 Å². The molecule has 1 N–H and O–H groups in total. The second kappa shape index (κ2) is 10.3. The minimum absolute atomic E-state index is 0.318. The number of nitrogens with one attached hydrogen (secondary N) is 1. The molecule has 7 nitrogen and oxygen atoms in total. The Morgan fingerprint density at radius 1 is 1.10 bits per heavy atom. The summed E-state index contributed by atoms with van der Waals surface area (Å²) < 4.78 is 6.48. The number of amides is 1. The van der Waals surface area contributed by atoms with E-state index in [-0.39, 0.29) is 0 Å². The Kier molecular flexibility index (Phi) is 7.57. The highest BCUT2D eigenvalue weighted by Gasteiger charge is 2.29. The predicted octanol–water partition coefficient (Wildman–Crippen LogP) is 1.76. The normalized spacial score (nSPS) is 15.6. The third-order valence-electron chi connectivity index (χ3n) is 4.81. The topological polar surface area (TPSA) is 80.6 Å². The van der Waals surface area contributed by atoms with Crippen molar-refractivity contribution >= 4 is 23.3 Å². The van der Waals surface area contributed by atoms with Gasteiger partial charge in [-0.25, -0.2) is 0 Å². The van der Waals surface area contributed by atoms with E-state index in [1.165, 1.54) is 12.3 Å². The summed E-state index contributed by atoms with van der Waals surface area (Å²) in [5.41, 5.74) is -0.0955. The van der Waals surface area contributed by atoms with Crippen molar-refractivity contribution in [2.45, 2.75) is 12.5 Å². The molecule has 2 heterocycles. The van der Waals surface area contributed by atoms with Crippen molar-refractivity contribution in [2.75, 3.05) is 39.4 Å². The Bertz CT molecular complexity index is 891. The maximum Gasteiger partial charge on any atom is 0.251 e. The van der Waals surface area contributed by atoms with Crippen molar-refractivity contribution in [3.63, 3.8) is 0 Å². The Morgan fingerprint density at radius 2 is 1.83 bits per heavy atom. The van der Waals surface area contributed by atoms with Gasteiger partial charge in [-0.15, -0.1) is 0 Å². The molecule has 2 aromatic rings. The smallest absolute Gasteiger partial charge is 0.251 e. The van der Waals surface area contributed by atoms with Crippen molar-refractivity contribution < 1.29 is 14.3 Å². The van der Waals surface area contributed by atoms with Crippen LogP contribution in [0.2, 0.25) is 5.02 Å². The lowest BCUT2D eigenvalue weighted by Gasteiger charge is -2.26. The Labute approximate surface area is 174 Å². The second-order valence-corrected chi connectivity index (χ2v) is 7.25. The molecule has 0 spiro atoms. The van der Waals surface area contributed by atoms with Crippen molar-refractivity contribution in [1.29, 1.82) is 0 Å². The molecule has 1 saturated heterocycles. The summed E-state index contributed by atoms with van der Waals surface area (Å²) in [6.45, 7) is 4.46. The van der Waals surface area contributed by atoms with E-state index in [0.717, 1.165) is 43.8 Å². The van der Waals surface area contributed by atoms with Crippen LogP contribution in [0.1, 0.15) is 22.8 Å². The van der Waals surface area contributed by atoms with Crippen LogP contribution < -0.4 is 10.9 Å². The van der Waals surface area contributed by atoms with Crippen molar-refractivity contribution in [1.82, 2.24) is 14.8 Å². The number of Topliss-reactive ketones (excluding diaryl/α,β-unsaturated/α-hetero) is 1. The quantitative estimate of drug-likeness (QED) is 0.402. The number of rotatable bonds is 8. The predicted molar refractivity (Wildman–Crippen MR) is 110 cm³/mol. The maximum atomic E-state index is 13.0. The average molecular weight is 418 g/mol. The molecule has 1 amide bonds. The molecule has 3 rings (SSSR count). The number of hydrogen-bond acceptors (Lipinski definition) is 5. The molecular weight excluding hydrogens is 394 g/mol. The minimum Gasteiger partial charge on any atom is -0.379 e. The number of hydrogen-bond donors (Lipinski definition) is 1. The lowest BCUT2D eigenvalue weighted by molar-refractivity contribution is -0.123. The summed E-state index contributed by atoms with van der Waals surface area (Å²) >= 11 is 5.89. The van der Waals surface area contributed by atoms with E-state index in [9.17, 15) is 14.4 Å². The van der Waals surface area contributed by atoms with Gasteiger partial charge in [0.05, 0.1) is 13.2 Å². The van der Waals surface area contributed by atoms with Crippen LogP contribution in [0.4, 0.5) is 0 Å². The van der Waals surface area contributed by atoms with Gasteiger partial charge in [-0.3, -0.25) is 23.9 Å². The van der Waals surface area contributed by atoms with Gasteiger partial charge in [0.15, 0.2) is 11.8 Å². The van der Waals surface area contributed by atoms with Gasteiger partial charge in [-0.2, -0.15) is 0 Å². The van der Waals surface area contributed by atoms with E-state index in [2.05, 4.69) is 10.2 Å². The molecule has 1 fully saturated rings. The van der Waals surface area contributed by atoms with Crippen LogP contribution >= 0.6 is 11.6 Å². The van der Waals surface area contributed by atoms with E-state index >= 15 is 0 Å². The number of ether oxygens (including phenoxy) is 1. The summed E-state index contributed by atoms with van der Waals surface area (Å²) in [4.78, 5) is 40.5. The minimum atomic E-state index is -1.27. The van der Waals surface area contributed by atoms with Crippen LogP contribution in [0, 0.1) is 0 Å². The lowest BCUT2D eigenvalue weighted by Crippen LogP contribution is -2.42. The van der Waals surface area contributed by atoms with Gasteiger partial charge in [-0.05, 0) is 43.3 Å². The standard InChI is InChI=1S/C21H24ClN3O4/c22-17-7-5-16(6-8-17)20(27)19(25-11-2-1-4-18(25)26)21(28)23-9-3-10-24-12-14-29-15-13-24/h1-2,4-8,11,19H,3,9-10,12-15H2,(H,23,28). The van der Waals surface area contributed by atoms with Crippen LogP contribution in [0.25, 0.3) is 0 Å². The Morgan fingerprint density at radius 3 is 2.52 bits per heavy atom. The summed E-state index contributed by atoms with van der Waals surface area (Å²) in [7, 11) is 0. The first-order valence-electron chi connectivity index (χ1n) is 9.61. The monoisotopic (exact) mass is 417 g/mol. The third kappa shape index (κ3) is 5.76. The molecule has 1 atom stereocenters. The van der Waals surface area contributed by atoms with Crippen molar-refractivity contribution in [2.24, 2.45) is 0 Å². The summed E-state index contributed by atoms with van der Waals surface area (Å²) in [5, 5.41) is 3.30. The highest BCUT2D eigenvalue weighted by atomic mass is 35.5. The molecule has 1 aliphatic heterocycles. The highest BCUT2D eigenvalue weighted by Crippen LogP contribution is 2.16. The van der Waals surface area contributed by atoms with Gasteiger partial charge in [-0.1, -0.05) is 17.7 Å². The zero-order valence-corrected chi connectivity index (χ0v) is 16.8.